The Morgan fingerprint density at radius 3 is 2.59 bits per heavy atom. The van der Waals surface area contributed by atoms with Crippen molar-refractivity contribution in [1.29, 1.82) is 0 Å². The number of amides is 1. The first kappa shape index (κ1) is 14.3. The summed E-state index contributed by atoms with van der Waals surface area (Å²) in [6.07, 6.45) is 2.07. The normalized spacial score (nSPS) is 25.8. The summed E-state index contributed by atoms with van der Waals surface area (Å²) in [6.45, 7) is 9.59. The minimum Gasteiger partial charge on any atom is -0.444 e. The van der Waals surface area contributed by atoms with E-state index in [1.165, 1.54) is 6.42 Å². The molecule has 2 atom stereocenters. The van der Waals surface area contributed by atoms with Gasteiger partial charge in [-0.1, -0.05) is 0 Å². The summed E-state index contributed by atoms with van der Waals surface area (Å²) in [5, 5.41) is 3.18. The SMILES string of the molecule is CNC[C@H]1CC[C@H](C)N(C(=O)OC(C)(C)C)C1. The topological polar surface area (TPSA) is 41.6 Å². The highest BCUT2D eigenvalue weighted by Crippen LogP contribution is 2.23. The van der Waals surface area contributed by atoms with Gasteiger partial charge in [-0.05, 0) is 60.0 Å². The first-order valence-electron chi connectivity index (χ1n) is 6.47. The third-order valence-electron chi connectivity index (χ3n) is 3.10. The molecule has 4 heteroatoms. The molecule has 0 radical (unpaired) electrons. The molecule has 100 valence electrons. The van der Waals surface area contributed by atoms with Crippen LogP contribution in [0.3, 0.4) is 0 Å². The lowest BCUT2D eigenvalue weighted by Crippen LogP contribution is -2.49. The van der Waals surface area contributed by atoms with Crippen LogP contribution in [0.1, 0.15) is 40.5 Å². The first-order chi connectivity index (χ1) is 7.83. The fraction of sp³-hybridized carbons (Fsp3) is 0.923. The zero-order valence-electron chi connectivity index (χ0n) is 11.7. The molecular formula is C13H26N2O2. The molecule has 1 heterocycles. The predicted octanol–water partition coefficient (Wildman–Crippen LogP) is 2.24. The predicted molar refractivity (Wildman–Crippen MR) is 69.1 cm³/mol. The van der Waals surface area contributed by atoms with E-state index in [9.17, 15) is 4.79 Å². The second-order valence-corrected chi connectivity index (χ2v) is 5.98. The Hall–Kier alpha value is -0.770. The van der Waals surface area contributed by atoms with Crippen molar-refractivity contribution < 1.29 is 9.53 Å². The van der Waals surface area contributed by atoms with E-state index in [-0.39, 0.29) is 12.1 Å². The molecule has 0 bridgehead atoms. The fourth-order valence-electron chi connectivity index (χ4n) is 2.21. The molecule has 0 aromatic rings. The van der Waals surface area contributed by atoms with Crippen LogP contribution in [0.5, 0.6) is 0 Å². The van der Waals surface area contributed by atoms with Crippen molar-refractivity contribution in [3.63, 3.8) is 0 Å². The van der Waals surface area contributed by atoms with Crippen molar-refractivity contribution in [1.82, 2.24) is 10.2 Å². The molecule has 1 aliphatic rings. The molecule has 0 saturated carbocycles. The van der Waals surface area contributed by atoms with Crippen LogP contribution in [0.15, 0.2) is 0 Å². The number of piperidine rings is 1. The minimum atomic E-state index is -0.410. The molecule has 0 aromatic carbocycles. The van der Waals surface area contributed by atoms with Crippen LogP contribution in [0, 0.1) is 5.92 Å². The molecule has 1 aliphatic heterocycles. The number of ether oxygens (including phenoxy) is 1. The summed E-state index contributed by atoms with van der Waals surface area (Å²) in [5.41, 5.74) is -0.410. The quantitative estimate of drug-likeness (QED) is 0.807. The Morgan fingerprint density at radius 2 is 2.06 bits per heavy atom. The van der Waals surface area contributed by atoms with Crippen LogP contribution in [0.25, 0.3) is 0 Å². The van der Waals surface area contributed by atoms with E-state index < -0.39 is 5.60 Å². The Morgan fingerprint density at radius 1 is 1.41 bits per heavy atom. The summed E-state index contributed by atoms with van der Waals surface area (Å²) in [4.78, 5) is 13.9. The third kappa shape index (κ3) is 4.54. The monoisotopic (exact) mass is 242 g/mol. The standard InChI is InChI=1S/C13H26N2O2/c1-10-6-7-11(8-14-5)9-15(10)12(16)17-13(2,3)4/h10-11,14H,6-9H2,1-5H3/t10-,11+/m0/s1. The molecule has 1 rings (SSSR count). The van der Waals surface area contributed by atoms with Crippen molar-refractivity contribution in [2.24, 2.45) is 5.92 Å². The number of carbonyl (C=O) groups is 1. The highest BCUT2D eigenvalue weighted by molar-refractivity contribution is 5.68. The van der Waals surface area contributed by atoms with Gasteiger partial charge < -0.3 is 15.0 Å². The van der Waals surface area contributed by atoms with Gasteiger partial charge in [0.1, 0.15) is 5.60 Å². The van der Waals surface area contributed by atoms with Gasteiger partial charge in [0.2, 0.25) is 0 Å². The zero-order chi connectivity index (χ0) is 13.1. The maximum absolute atomic E-state index is 12.1. The van der Waals surface area contributed by atoms with Gasteiger partial charge in [0, 0.05) is 12.6 Å². The number of carbonyl (C=O) groups excluding carboxylic acids is 1. The maximum Gasteiger partial charge on any atom is 0.410 e. The van der Waals surface area contributed by atoms with Gasteiger partial charge in [-0.3, -0.25) is 0 Å². The van der Waals surface area contributed by atoms with Crippen LogP contribution in [0.2, 0.25) is 0 Å². The van der Waals surface area contributed by atoms with Gasteiger partial charge in [-0.25, -0.2) is 4.79 Å². The number of likely N-dealkylation sites (tertiary alicyclic amines) is 1. The van der Waals surface area contributed by atoms with Crippen LogP contribution in [-0.4, -0.2) is 42.8 Å². The lowest BCUT2D eigenvalue weighted by molar-refractivity contribution is 0.00558. The Kier molecular flexibility index (Phi) is 4.80. The summed E-state index contributed by atoms with van der Waals surface area (Å²) in [5.74, 6) is 0.545. The molecule has 1 N–H and O–H groups in total. The number of nitrogens with zero attached hydrogens (tertiary/aromatic N) is 1. The maximum atomic E-state index is 12.1. The molecule has 0 unspecified atom stereocenters. The van der Waals surface area contributed by atoms with E-state index in [0.29, 0.717) is 5.92 Å². The molecule has 0 aromatic heterocycles. The fourth-order valence-corrected chi connectivity index (χ4v) is 2.21. The van der Waals surface area contributed by atoms with Crippen LogP contribution >= 0.6 is 0 Å². The largest absolute Gasteiger partial charge is 0.444 e. The average Bonchev–Trinajstić information content (AvgIpc) is 2.18. The van der Waals surface area contributed by atoms with Crippen molar-refractivity contribution in [3.8, 4) is 0 Å². The molecular weight excluding hydrogens is 216 g/mol. The van der Waals surface area contributed by atoms with Crippen LogP contribution in [0.4, 0.5) is 4.79 Å². The summed E-state index contributed by atoms with van der Waals surface area (Å²) in [6, 6.07) is 0.290. The summed E-state index contributed by atoms with van der Waals surface area (Å²) in [7, 11) is 1.95. The molecule has 0 spiro atoms. The van der Waals surface area contributed by atoms with E-state index in [1.807, 2.05) is 32.7 Å². The number of hydrogen-bond donors (Lipinski definition) is 1. The second kappa shape index (κ2) is 5.71. The second-order valence-electron chi connectivity index (χ2n) is 5.98. The Balaban J connectivity index is 2.57. The molecule has 17 heavy (non-hydrogen) atoms. The van der Waals surface area contributed by atoms with Crippen molar-refractivity contribution >= 4 is 6.09 Å². The Bertz CT molecular complexity index is 261. The van der Waals surface area contributed by atoms with Crippen molar-refractivity contribution in [3.05, 3.63) is 0 Å². The molecule has 1 fully saturated rings. The van der Waals surface area contributed by atoms with E-state index >= 15 is 0 Å². The van der Waals surface area contributed by atoms with E-state index in [1.54, 1.807) is 0 Å². The van der Waals surface area contributed by atoms with Crippen molar-refractivity contribution in [2.45, 2.75) is 52.2 Å². The molecule has 0 aliphatic carbocycles. The summed E-state index contributed by atoms with van der Waals surface area (Å²) >= 11 is 0. The van der Waals surface area contributed by atoms with Gasteiger partial charge in [0.05, 0.1) is 0 Å². The zero-order valence-corrected chi connectivity index (χ0v) is 11.7. The van der Waals surface area contributed by atoms with E-state index in [0.717, 1.165) is 19.5 Å². The van der Waals surface area contributed by atoms with Crippen molar-refractivity contribution in [2.75, 3.05) is 20.1 Å². The van der Waals surface area contributed by atoms with Crippen LogP contribution in [-0.2, 0) is 4.74 Å². The van der Waals surface area contributed by atoms with E-state index in [4.69, 9.17) is 4.74 Å². The number of rotatable bonds is 2. The van der Waals surface area contributed by atoms with Gasteiger partial charge in [0.15, 0.2) is 0 Å². The highest BCUT2D eigenvalue weighted by atomic mass is 16.6. The molecule has 1 amide bonds. The molecule has 4 nitrogen and oxygen atoms in total. The van der Waals surface area contributed by atoms with Gasteiger partial charge in [-0.2, -0.15) is 0 Å². The average molecular weight is 242 g/mol. The Labute approximate surface area is 105 Å². The number of nitrogens with one attached hydrogen (secondary N) is 1. The third-order valence-corrected chi connectivity index (χ3v) is 3.10. The first-order valence-corrected chi connectivity index (χ1v) is 6.47. The van der Waals surface area contributed by atoms with Crippen LogP contribution < -0.4 is 5.32 Å². The summed E-state index contributed by atoms with van der Waals surface area (Å²) < 4.78 is 5.44. The minimum absolute atomic E-state index is 0.175. The van der Waals surface area contributed by atoms with E-state index in [2.05, 4.69) is 12.2 Å². The van der Waals surface area contributed by atoms with Gasteiger partial charge in [0.25, 0.3) is 0 Å². The lowest BCUT2D eigenvalue weighted by atomic mass is 9.94. The van der Waals surface area contributed by atoms with Gasteiger partial charge in [-0.15, -0.1) is 0 Å². The van der Waals surface area contributed by atoms with Gasteiger partial charge >= 0.3 is 6.09 Å². The number of hydrogen-bond acceptors (Lipinski definition) is 3. The highest BCUT2D eigenvalue weighted by Gasteiger charge is 2.31. The smallest absolute Gasteiger partial charge is 0.410 e. The lowest BCUT2D eigenvalue weighted by Gasteiger charge is -2.38. The molecule has 1 saturated heterocycles.